The number of nitrogens with zero attached hydrogens (tertiary/aromatic N) is 1. The van der Waals surface area contributed by atoms with Gasteiger partial charge in [0.25, 0.3) is 0 Å². The van der Waals surface area contributed by atoms with Gasteiger partial charge >= 0.3 is 0 Å². The topological polar surface area (TPSA) is 42.2 Å². The molecule has 0 saturated carbocycles. The maximum Gasteiger partial charge on any atom is 0.160 e. The highest BCUT2D eigenvalue weighted by Gasteiger charge is 2.27. The Morgan fingerprint density at radius 1 is 1.00 bits per heavy atom. The predicted molar refractivity (Wildman–Crippen MR) is 82.7 cm³/mol. The van der Waals surface area contributed by atoms with Gasteiger partial charge in [-0.3, -0.25) is 0 Å². The number of hydrogen-bond donors (Lipinski definition) is 0. The molecule has 1 unspecified atom stereocenters. The molecule has 2 aromatic carbocycles. The highest BCUT2D eigenvalue weighted by atomic mass is 16.5. The zero-order valence-corrected chi connectivity index (χ0v) is 12.6. The molecule has 1 atom stereocenters. The van der Waals surface area contributed by atoms with E-state index in [-0.39, 0.29) is 0 Å². The quantitative estimate of drug-likeness (QED) is 0.838. The molecule has 2 aromatic rings. The third-order valence-electron chi connectivity index (χ3n) is 3.66. The molecule has 0 aromatic heterocycles. The van der Waals surface area contributed by atoms with Crippen molar-refractivity contribution in [1.82, 2.24) is 0 Å². The van der Waals surface area contributed by atoms with Crippen LogP contribution in [0, 0.1) is 11.3 Å². The Morgan fingerprint density at radius 2 is 1.67 bits per heavy atom. The SMILES string of the molecule is COc1ccc(CC(C)(C#N)c2ccccc2)cc1OC. The van der Waals surface area contributed by atoms with Crippen molar-refractivity contribution in [3.05, 3.63) is 59.7 Å². The van der Waals surface area contributed by atoms with Gasteiger partial charge in [-0.15, -0.1) is 0 Å². The smallest absolute Gasteiger partial charge is 0.160 e. The molecule has 108 valence electrons. The van der Waals surface area contributed by atoms with Crippen molar-refractivity contribution in [3.63, 3.8) is 0 Å². The maximum absolute atomic E-state index is 9.62. The van der Waals surface area contributed by atoms with Gasteiger partial charge in [-0.25, -0.2) is 0 Å². The zero-order chi connectivity index (χ0) is 15.3. The van der Waals surface area contributed by atoms with Crippen LogP contribution in [0.4, 0.5) is 0 Å². The number of nitriles is 1. The number of hydrogen-bond acceptors (Lipinski definition) is 3. The predicted octanol–water partition coefficient (Wildman–Crippen LogP) is 3.73. The Balaban J connectivity index is 2.33. The van der Waals surface area contributed by atoms with Gasteiger partial charge in [0, 0.05) is 0 Å². The van der Waals surface area contributed by atoms with Crippen LogP contribution in [0.25, 0.3) is 0 Å². The van der Waals surface area contributed by atoms with Gasteiger partial charge in [0.2, 0.25) is 0 Å². The van der Waals surface area contributed by atoms with Crippen LogP contribution in [0.3, 0.4) is 0 Å². The average Bonchev–Trinajstić information content (AvgIpc) is 2.55. The van der Waals surface area contributed by atoms with Crippen molar-refractivity contribution in [2.75, 3.05) is 14.2 Å². The molecule has 0 aliphatic carbocycles. The second-order valence-corrected chi connectivity index (χ2v) is 5.18. The summed E-state index contributed by atoms with van der Waals surface area (Å²) in [7, 11) is 3.23. The Hall–Kier alpha value is -2.47. The number of ether oxygens (including phenoxy) is 2. The van der Waals surface area contributed by atoms with E-state index in [1.807, 2.05) is 55.5 Å². The average molecular weight is 281 g/mol. The van der Waals surface area contributed by atoms with Gasteiger partial charge in [0.15, 0.2) is 11.5 Å². The fourth-order valence-corrected chi connectivity index (χ4v) is 2.41. The van der Waals surface area contributed by atoms with Crippen molar-refractivity contribution >= 4 is 0 Å². The summed E-state index contributed by atoms with van der Waals surface area (Å²) in [6.45, 7) is 1.96. The first-order valence-electron chi connectivity index (χ1n) is 6.80. The standard InChI is InChI=1S/C18H19NO2/c1-18(13-19,15-7-5-4-6-8-15)12-14-9-10-16(20-2)17(11-14)21-3/h4-11H,12H2,1-3H3. The van der Waals surface area contributed by atoms with Crippen LogP contribution >= 0.6 is 0 Å². The van der Waals surface area contributed by atoms with Crippen LogP contribution in [-0.4, -0.2) is 14.2 Å². The van der Waals surface area contributed by atoms with E-state index in [4.69, 9.17) is 9.47 Å². The molecule has 21 heavy (non-hydrogen) atoms. The van der Waals surface area contributed by atoms with E-state index in [1.165, 1.54) is 0 Å². The van der Waals surface area contributed by atoms with E-state index < -0.39 is 5.41 Å². The Bertz CT molecular complexity index is 646. The van der Waals surface area contributed by atoms with Crippen LogP contribution in [0.15, 0.2) is 48.5 Å². The summed E-state index contributed by atoms with van der Waals surface area (Å²) in [5.41, 5.74) is 1.49. The second kappa shape index (κ2) is 6.32. The number of methoxy groups -OCH3 is 2. The summed E-state index contributed by atoms with van der Waals surface area (Å²) < 4.78 is 10.6. The van der Waals surface area contributed by atoms with Crippen LogP contribution in [0.1, 0.15) is 18.1 Å². The minimum Gasteiger partial charge on any atom is -0.493 e. The molecule has 0 bridgehead atoms. The molecule has 0 heterocycles. The summed E-state index contributed by atoms with van der Waals surface area (Å²) in [5.74, 6) is 1.38. The Labute approximate surface area is 125 Å². The molecule has 0 radical (unpaired) electrons. The summed E-state index contributed by atoms with van der Waals surface area (Å²) >= 11 is 0. The lowest BCUT2D eigenvalue weighted by atomic mass is 9.78. The molecule has 3 nitrogen and oxygen atoms in total. The van der Waals surface area contributed by atoms with Gasteiger partial charge in [-0.05, 0) is 36.6 Å². The fourth-order valence-electron chi connectivity index (χ4n) is 2.41. The minimum absolute atomic E-state index is 0.569. The molecule has 0 spiro atoms. The zero-order valence-electron chi connectivity index (χ0n) is 12.6. The van der Waals surface area contributed by atoms with Crippen LogP contribution < -0.4 is 9.47 Å². The molecule has 0 amide bonds. The first kappa shape index (κ1) is 14.9. The van der Waals surface area contributed by atoms with Crippen molar-refractivity contribution in [3.8, 4) is 17.6 Å². The molecule has 3 heteroatoms. The third-order valence-corrected chi connectivity index (χ3v) is 3.66. The number of rotatable bonds is 5. The van der Waals surface area contributed by atoms with Crippen molar-refractivity contribution in [2.45, 2.75) is 18.8 Å². The molecular weight excluding hydrogens is 262 g/mol. The normalized spacial score (nSPS) is 13.0. The Morgan fingerprint density at radius 3 is 2.24 bits per heavy atom. The van der Waals surface area contributed by atoms with Crippen molar-refractivity contribution in [1.29, 1.82) is 5.26 Å². The van der Waals surface area contributed by atoms with Crippen LogP contribution in [0.2, 0.25) is 0 Å². The molecular formula is C18H19NO2. The maximum atomic E-state index is 9.62. The second-order valence-electron chi connectivity index (χ2n) is 5.18. The van der Waals surface area contributed by atoms with Crippen molar-refractivity contribution < 1.29 is 9.47 Å². The number of benzene rings is 2. The monoisotopic (exact) mass is 281 g/mol. The Kier molecular flexibility index (Phi) is 4.49. The molecule has 0 aliphatic rings. The highest BCUT2D eigenvalue weighted by molar-refractivity contribution is 5.44. The van der Waals surface area contributed by atoms with Gasteiger partial charge in [0.1, 0.15) is 0 Å². The third kappa shape index (κ3) is 3.17. The minimum atomic E-state index is -0.569. The first-order chi connectivity index (χ1) is 10.1. The van der Waals surface area contributed by atoms with Gasteiger partial charge in [0.05, 0.1) is 25.7 Å². The summed E-state index contributed by atoms with van der Waals surface area (Å²) in [4.78, 5) is 0. The largest absolute Gasteiger partial charge is 0.493 e. The van der Waals surface area contributed by atoms with E-state index >= 15 is 0 Å². The lowest BCUT2D eigenvalue weighted by molar-refractivity contribution is 0.354. The van der Waals surface area contributed by atoms with E-state index in [9.17, 15) is 5.26 Å². The molecule has 2 rings (SSSR count). The van der Waals surface area contributed by atoms with E-state index in [0.717, 1.165) is 11.1 Å². The van der Waals surface area contributed by atoms with Crippen LogP contribution in [-0.2, 0) is 11.8 Å². The van der Waals surface area contributed by atoms with E-state index in [0.29, 0.717) is 17.9 Å². The molecule has 0 saturated heterocycles. The summed E-state index contributed by atoms with van der Waals surface area (Å²) in [6.07, 6.45) is 0.619. The highest BCUT2D eigenvalue weighted by Crippen LogP contribution is 2.32. The van der Waals surface area contributed by atoms with Gasteiger partial charge < -0.3 is 9.47 Å². The van der Waals surface area contributed by atoms with E-state index in [2.05, 4.69) is 6.07 Å². The van der Waals surface area contributed by atoms with Crippen molar-refractivity contribution in [2.24, 2.45) is 0 Å². The van der Waals surface area contributed by atoms with Gasteiger partial charge in [-0.1, -0.05) is 36.4 Å². The van der Waals surface area contributed by atoms with E-state index in [1.54, 1.807) is 14.2 Å². The van der Waals surface area contributed by atoms with Crippen LogP contribution in [0.5, 0.6) is 11.5 Å². The fraction of sp³-hybridized carbons (Fsp3) is 0.278. The summed E-state index contributed by atoms with van der Waals surface area (Å²) in [6, 6.07) is 18.1. The molecule has 0 N–H and O–H groups in total. The summed E-state index contributed by atoms with van der Waals surface area (Å²) in [5, 5.41) is 9.62. The van der Waals surface area contributed by atoms with Gasteiger partial charge in [-0.2, -0.15) is 5.26 Å². The lowest BCUT2D eigenvalue weighted by Gasteiger charge is -2.22. The first-order valence-corrected chi connectivity index (χ1v) is 6.80. The lowest BCUT2D eigenvalue weighted by Crippen LogP contribution is -2.22. The molecule has 0 aliphatic heterocycles. The molecule has 0 fully saturated rings.